The maximum absolute atomic E-state index is 9.85. The quantitative estimate of drug-likeness (QED) is 0.398. The van der Waals surface area contributed by atoms with Crippen LogP contribution in [0.3, 0.4) is 0 Å². The molecule has 0 radical (unpaired) electrons. The zero-order chi connectivity index (χ0) is 20.8. The van der Waals surface area contributed by atoms with Gasteiger partial charge in [-0.05, 0) is 35.0 Å². The van der Waals surface area contributed by atoms with E-state index in [4.69, 9.17) is 0 Å². The molecular formula is C26H16N2S2. The number of thioether (sulfide) groups is 2. The summed E-state index contributed by atoms with van der Waals surface area (Å²) in [5, 5.41) is 23.4. The average Bonchev–Trinajstić information content (AvgIpc) is 2.82. The molecule has 4 aromatic rings. The van der Waals surface area contributed by atoms with Crippen LogP contribution < -0.4 is 10.4 Å². The predicted octanol–water partition coefficient (Wildman–Crippen LogP) is 5.69. The van der Waals surface area contributed by atoms with Crippen LogP contribution in [0.25, 0.3) is 20.6 Å². The molecule has 0 aliphatic heterocycles. The molecular weight excluding hydrogens is 404 g/mol. The van der Waals surface area contributed by atoms with Crippen molar-refractivity contribution in [1.29, 1.82) is 10.5 Å². The van der Waals surface area contributed by atoms with Gasteiger partial charge < -0.3 is 0 Å². The summed E-state index contributed by atoms with van der Waals surface area (Å²) >= 11 is 2.92. The van der Waals surface area contributed by atoms with Gasteiger partial charge in [0.2, 0.25) is 0 Å². The van der Waals surface area contributed by atoms with Crippen molar-refractivity contribution in [3.8, 4) is 12.1 Å². The van der Waals surface area contributed by atoms with Crippen LogP contribution in [-0.2, 0) is 0 Å². The lowest BCUT2D eigenvalue weighted by molar-refractivity contribution is 1.47. The molecule has 2 nitrogen and oxygen atoms in total. The first kappa shape index (κ1) is 19.9. The molecule has 0 aliphatic rings. The minimum Gasteiger partial charge on any atom is -0.192 e. The van der Waals surface area contributed by atoms with Crippen LogP contribution in [-0.4, -0.2) is 0 Å². The van der Waals surface area contributed by atoms with Gasteiger partial charge in [-0.25, -0.2) is 0 Å². The zero-order valence-electron chi connectivity index (χ0n) is 15.9. The monoisotopic (exact) mass is 420 g/mol. The lowest BCUT2D eigenvalue weighted by atomic mass is 10.1. The zero-order valence-corrected chi connectivity index (χ0v) is 17.6. The molecule has 30 heavy (non-hydrogen) atoms. The van der Waals surface area contributed by atoms with E-state index < -0.39 is 0 Å². The van der Waals surface area contributed by atoms with E-state index in [2.05, 4.69) is 12.1 Å². The molecule has 0 N–H and O–H groups in total. The molecule has 4 rings (SSSR count). The van der Waals surface area contributed by atoms with Gasteiger partial charge in [-0.15, -0.1) is 0 Å². The fourth-order valence-corrected chi connectivity index (χ4v) is 4.91. The molecule has 0 atom stereocenters. The molecule has 0 spiro atoms. The second-order valence-electron chi connectivity index (χ2n) is 6.42. The van der Waals surface area contributed by atoms with Crippen LogP contribution in [0.1, 0.15) is 0 Å². The van der Waals surface area contributed by atoms with Gasteiger partial charge in [0.25, 0.3) is 0 Å². The Morgan fingerprint density at radius 2 is 0.867 bits per heavy atom. The first-order valence-corrected chi connectivity index (χ1v) is 11.0. The van der Waals surface area contributed by atoms with Gasteiger partial charge in [0.1, 0.15) is 12.1 Å². The fourth-order valence-electron chi connectivity index (χ4n) is 3.18. The number of fused-ring (bicyclic) bond motifs is 1. The van der Waals surface area contributed by atoms with Crippen molar-refractivity contribution < 1.29 is 0 Å². The summed E-state index contributed by atoms with van der Waals surface area (Å²) in [6, 6.07) is 36.4. The van der Waals surface area contributed by atoms with Crippen LogP contribution >= 0.6 is 23.5 Å². The summed E-state index contributed by atoms with van der Waals surface area (Å²) in [5.41, 5.74) is 0. The lowest BCUT2D eigenvalue weighted by Crippen LogP contribution is -2.14. The highest BCUT2D eigenvalue weighted by Crippen LogP contribution is 2.28. The third kappa shape index (κ3) is 4.26. The summed E-state index contributed by atoms with van der Waals surface area (Å²) in [6.45, 7) is 0. The number of hydrogen-bond acceptors (Lipinski definition) is 4. The number of hydrogen-bond donors (Lipinski definition) is 0. The van der Waals surface area contributed by atoms with Crippen molar-refractivity contribution in [3.63, 3.8) is 0 Å². The van der Waals surface area contributed by atoms with Gasteiger partial charge in [0.05, 0.1) is 9.81 Å². The van der Waals surface area contributed by atoms with Crippen molar-refractivity contribution in [3.05, 3.63) is 107 Å². The molecule has 4 aromatic carbocycles. The molecule has 0 saturated carbocycles. The van der Waals surface area contributed by atoms with Crippen LogP contribution in [0.15, 0.2) is 107 Å². The SMILES string of the molecule is N#C/C(Sc1ccccc1)=c1/cc/c(=C(/C#N)Sc2ccccc2)c2ccccc12. The maximum Gasteiger partial charge on any atom is 0.107 e. The Labute approximate surface area is 183 Å². The van der Waals surface area contributed by atoms with Crippen molar-refractivity contribution in [1.82, 2.24) is 0 Å². The van der Waals surface area contributed by atoms with Crippen molar-refractivity contribution in [2.75, 3.05) is 0 Å². The summed E-state index contributed by atoms with van der Waals surface area (Å²) in [5.74, 6) is 0. The van der Waals surface area contributed by atoms with Gasteiger partial charge in [-0.3, -0.25) is 0 Å². The van der Waals surface area contributed by atoms with E-state index in [0.29, 0.717) is 9.81 Å². The van der Waals surface area contributed by atoms with Crippen LogP contribution in [0.4, 0.5) is 0 Å². The largest absolute Gasteiger partial charge is 0.192 e. The molecule has 0 aliphatic carbocycles. The van der Waals surface area contributed by atoms with Gasteiger partial charge in [0, 0.05) is 20.2 Å². The normalized spacial score (nSPS) is 12.6. The Balaban J connectivity index is 1.94. The van der Waals surface area contributed by atoms with Crippen molar-refractivity contribution in [2.45, 2.75) is 9.79 Å². The van der Waals surface area contributed by atoms with E-state index >= 15 is 0 Å². The highest BCUT2D eigenvalue weighted by Gasteiger charge is 2.08. The Hall–Kier alpha value is -3.44. The second kappa shape index (κ2) is 9.37. The van der Waals surface area contributed by atoms with Crippen molar-refractivity contribution >= 4 is 44.1 Å². The third-order valence-corrected chi connectivity index (χ3v) is 6.59. The fraction of sp³-hybridized carbons (Fsp3) is 0. The van der Waals surface area contributed by atoms with Crippen molar-refractivity contribution in [2.24, 2.45) is 0 Å². The Kier molecular flexibility index (Phi) is 6.20. The highest BCUT2D eigenvalue weighted by atomic mass is 32.2. The first-order valence-electron chi connectivity index (χ1n) is 9.32. The molecule has 0 heterocycles. The summed E-state index contributed by atoms with van der Waals surface area (Å²) in [7, 11) is 0. The number of benzene rings is 4. The molecule has 0 amide bonds. The van der Waals surface area contributed by atoms with E-state index in [1.165, 1.54) is 23.5 Å². The van der Waals surface area contributed by atoms with E-state index in [-0.39, 0.29) is 0 Å². The lowest BCUT2D eigenvalue weighted by Gasteiger charge is -2.06. The minimum absolute atomic E-state index is 0.637. The second-order valence-corrected chi connectivity index (χ2v) is 8.59. The molecule has 0 unspecified atom stereocenters. The Bertz CT molecular complexity index is 1290. The van der Waals surface area contributed by atoms with E-state index in [1.54, 1.807) is 0 Å². The smallest absolute Gasteiger partial charge is 0.107 e. The Morgan fingerprint density at radius 1 is 0.500 bits per heavy atom. The Morgan fingerprint density at radius 3 is 1.23 bits per heavy atom. The molecule has 0 bridgehead atoms. The molecule has 0 saturated heterocycles. The highest BCUT2D eigenvalue weighted by molar-refractivity contribution is 8.08. The number of nitriles is 2. The van der Waals surface area contributed by atoms with Gasteiger partial charge in [0.15, 0.2) is 0 Å². The average molecular weight is 421 g/mol. The van der Waals surface area contributed by atoms with Gasteiger partial charge >= 0.3 is 0 Å². The summed E-state index contributed by atoms with van der Waals surface area (Å²) < 4.78 is 0. The molecule has 0 fully saturated rings. The maximum atomic E-state index is 9.85. The van der Waals surface area contributed by atoms with Crippen LogP contribution in [0.2, 0.25) is 0 Å². The number of rotatable bonds is 4. The standard InChI is InChI=1S/C26H16N2S2/c27-17-25(29-19-9-3-1-4-10-19)23-15-16-24(22-14-8-7-13-21(22)23)26(18-28)30-20-11-5-2-6-12-20/h1-16H/b25-23+,26-24+. The van der Waals surface area contributed by atoms with E-state index in [1.807, 2.05) is 97.1 Å². The molecule has 4 heteroatoms. The minimum atomic E-state index is 0.637. The van der Waals surface area contributed by atoms with Gasteiger partial charge in [-0.2, -0.15) is 10.5 Å². The van der Waals surface area contributed by atoms with E-state index in [9.17, 15) is 10.5 Å². The van der Waals surface area contributed by atoms with E-state index in [0.717, 1.165) is 31.0 Å². The third-order valence-electron chi connectivity index (χ3n) is 4.54. The van der Waals surface area contributed by atoms with Crippen LogP contribution in [0.5, 0.6) is 0 Å². The number of nitrogens with zero attached hydrogens (tertiary/aromatic N) is 2. The molecule has 0 aromatic heterocycles. The summed E-state index contributed by atoms with van der Waals surface area (Å²) in [6.07, 6.45) is 0. The first-order chi connectivity index (χ1) is 14.8. The topological polar surface area (TPSA) is 47.6 Å². The molecule has 142 valence electrons. The summed E-state index contributed by atoms with van der Waals surface area (Å²) in [4.78, 5) is 3.31. The predicted molar refractivity (Wildman–Crippen MR) is 126 cm³/mol. The van der Waals surface area contributed by atoms with Crippen LogP contribution in [0, 0.1) is 22.7 Å². The van der Waals surface area contributed by atoms with Gasteiger partial charge in [-0.1, -0.05) is 96.3 Å².